The van der Waals surface area contributed by atoms with Crippen LogP contribution in [0.4, 0.5) is 5.69 Å². The quantitative estimate of drug-likeness (QED) is 0.578. The maximum atomic E-state index is 9.17. The van der Waals surface area contributed by atoms with Gasteiger partial charge in [-0.25, -0.2) is 0 Å². The summed E-state index contributed by atoms with van der Waals surface area (Å²) in [5, 5.41) is 12.6. The van der Waals surface area contributed by atoms with Gasteiger partial charge in [-0.2, -0.15) is 5.26 Å². The van der Waals surface area contributed by atoms with Crippen molar-refractivity contribution in [2.45, 2.75) is 27.7 Å². The van der Waals surface area contributed by atoms with Gasteiger partial charge in [0, 0.05) is 17.0 Å². The Morgan fingerprint density at radius 3 is 2.62 bits per heavy atom. The lowest BCUT2D eigenvalue weighted by Crippen LogP contribution is -2.06. The van der Waals surface area contributed by atoms with E-state index in [-0.39, 0.29) is 0 Å². The molecule has 0 spiro atoms. The average Bonchev–Trinajstić information content (AvgIpc) is 2.98. The van der Waals surface area contributed by atoms with Crippen LogP contribution in [0.25, 0.3) is 0 Å². The highest BCUT2D eigenvalue weighted by molar-refractivity contribution is 6.05. The van der Waals surface area contributed by atoms with Gasteiger partial charge in [0.1, 0.15) is 5.76 Å². The van der Waals surface area contributed by atoms with Crippen molar-refractivity contribution in [1.29, 1.82) is 5.26 Å². The second kappa shape index (κ2) is 8.35. The van der Waals surface area contributed by atoms with Gasteiger partial charge in [-0.1, -0.05) is 18.7 Å². The molecule has 1 aromatic rings. The molecule has 0 radical (unpaired) electrons. The number of aryl methyl sites for hydroxylation is 1. The number of anilines is 1. The van der Waals surface area contributed by atoms with E-state index in [1.807, 2.05) is 51.1 Å². The molecule has 1 heterocycles. The van der Waals surface area contributed by atoms with Crippen molar-refractivity contribution in [2.24, 2.45) is 4.99 Å². The molecule has 0 aliphatic carbocycles. The zero-order chi connectivity index (χ0) is 19.3. The van der Waals surface area contributed by atoms with Crippen LogP contribution < -0.4 is 5.32 Å². The van der Waals surface area contributed by atoms with E-state index in [9.17, 15) is 0 Å². The number of rotatable bonds is 6. The minimum atomic E-state index is 0.609. The van der Waals surface area contributed by atoms with Crippen molar-refractivity contribution < 1.29 is 4.74 Å². The molecule has 1 N–H and O–H groups in total. The maximum Gasteiger partial charge on any atom is 0.116 e. The van der Waals surface area contributed by atoms with E-state index in [1.165, 1.54) is 5.57 Å². The van der Waals surface area contributed by atoms with Gasteiger partial charge in [-0.05, 0) is 62.6 Å². The van der Waals surface area contributed by atoms with E-state index in [0.717, 1.165) is 46.1 Å². The van der Waals surface area contributed by atoms with E-state index in [0.29, 0.717) is 5.56 Å². The van der Waals surface area contributed by atoms with Crippen LogP contribution in [0.15, 0.2) is 70.1 Å². The van der Waals surface area contributed by atoms with Gasteiger partial charge in [0.25, 0.3) is 0 Å². The number of nitrogens with one attached hydrogen (secondary N) is 1. The van der Waals surface area contributed by atoms with E-state index >= 15 is 0 Å². The number of hydrogen-bond acceptors (Lipinski definition) is 4. The summed E-state index contributed by atoms with van der Waals surface area (Å²) in [6.45, 7) is 12.7. The standard InChI is InChI=1S/C22H25N3O/c1-7-19(22-15(3)13-24-16(22)4)11-21(17(5)26-6)25-20-10-18(12-23)9-8-14(20)2/h7-11,25H,1,13H2,2-6H3/b19-11+,21-17-. The predicted molar refractivity (Wildman–Crippen MR) is 108 cm³/mol. The molecule has 4 nitrogen and oxygen atoms in total. The first-order chi connectivity index (χ1) is 12.4. The van der Waals surface area contributed by atoms with Gasteiger partial charge in [-0.3, -0.25) is 4.99 Å². The normalized spacial score (nSPS) is 15.2. The third kappa shape index (κ3) is 4.12. The van der Waals surface area contributed by atoms with Crippen LogP contribution in [-0.2, 0) is 4.74 Å². The summed E-state index contributed by atoms with van der Waals surface area (Å²) in [7, 11) is 1.64. The van der Waals surface area contributed by atoms with Crippen LogP contribution in [0.2, 0.25) is 0 Å². The molecule has 2 rings (SSSR count). The first kappa shape index (κ1) is 19.3. The van der Waals surface area contributed by atoms with Crippen molar-refractivity contribution in [3.05, 3.63) is 76.2 Å². The first-order valence-electron chi connectivity index (χ1n) is 8.49. The van der Waals surface area contributed by atoms with Crippen LogP contribution in [0.3, 0.4) is 0 Å². The Hall–Kier alpha value is -3.06. The Morgan fingerprint density at radius 2 is 2.08 bits per heavy atom. The molecule has 0 bridgehead atoms. The Labute approximate surface area is 155 Å². The molecule has 1 aromatic carbocycles. The topological polar surface area (TPSA) is 57.4 Å². The van der Waals surface area contributed by atoms with Gasteiger partial charge in [-0.15, -0.1) is 0 Å². The lowest BCUT2D eigenvalue weighted by Gasteiger charge is -2.15. The second-order valence-corrected chi connectivity index (χ2v) is 6.30. The van der Waals surface area contributed by atoms with Gasteiger partial charge in [0.2, 0.25) is 0 Å². The van der Waals surface area contributed by atoms with Crippen LogP contribution in [0.1, 0.15) is 31.9 Å². The third-order valence-electron chi connectivity index (χ3n) is 4.47. The average molecular weight is 347 g/mol. The molecular formula is C22H25N3O. The number of hydrogen-bond donors (Lipinski definition) is 1. The molecule has 1 aliphatic rings. The molecule has 26 heavy (non-hydrogen) atoms. The largest absolute Gasteiger partial charge is 0.499 e. The highest BCUT2D eigenvalue weighted by Crippen LogP contribution is 2.27. The molecule has 0 amide bonds. The molecule has 0 atom stereocenters. The molecule has 134 valence electrons. The molecule has 0 aromatic heterocycles. The molecule has 0 fully saturated rings. The summed E-state index contributed by atoms with van der Waals surface area (Å²) in [5.41, 5.74) is 7.72. The van der Waals surface area contributed by atoms with E-state index in [4.69, 9.17) is 10.00 Å². The molecule has 4 heteroatoms. The fraction of sp³-hybridized carbons (Fsp3) is 0.273. The van der Waals surface area contributed by atoms with Crippen molar-refractivity contribution in [2.75, 3.05) is 19.0 Å². The first-order valence-corrected chi connectivity index (χ1v) is 8.49. The van der Waals surface area contributed by atoms with Crippen molar-refractivity contribution in [3.63, 3.8) is 0 Å². The number of nitriles is 1. The Kier molecular flexibility index (Phi) is 6.19. The SMILES string of the molecule is C=C/C(=C\C(Nc1cc(C#N)ccc1C)=C(/C)OC)C1=C(C)CN=C1C. The number of methoxy groups -OCH3 is 1. The lowest BCUT2D eigenvalue weighted by molar-refractivity contribution is 0.290. The summed E-state index contributed by atoms with van der Waals surface area (Å²) < 4.78 is 5.47. The molecule has 0 saturated carbocycles. The number of allylic oxidation sites excluding steroid dienone is 5. The van der Waals surface area contributed by atoms with Gasteiger partial charge >= 0.3 is 0 Å². The molecular weight excluding hydrogens is 322 g/mol. The van der Waals surface area contributed by atoms with Crippen LogP contribution >= 0.6 is 0 Å². The molecule has 0 saturated heterocycles. The summed E-state index contributed by atoms with van der Waals surface area (Å²) in [6, 6.07) is 7.76. The minimum Gasteiger partial charge on any atom is -0.499 e. The van der Waals surface area contributed by atoms with Crippen LogP contribution in [-0.4, -0.2) is 19.4 Å². The summed E-state index contributed by atoms with van der Waals surface area (Å²) >= 11 is 0. The van der Waals surface area contributed by atoms with E-state index in [2.05, 4.69) is 29.9 Å². The number of aliphatic imine (C=N–C) groups is 1. The van der Waals surface area contributed by atoms with Crippen molar-refractivity contribution in [1.82, 2.24) is 0 Å². The Balaban J connectivity index is 2.50. The lowest BCUT2D eigenvalue weighted by atomic mass is 9.97. The molecule has 1 aliphatic heterocycles. The zero-order valence-corrected chi connectivity index (χ0v) is 16.1. The monoisotopic (exact) mass is 347 g/mol. The Bertz CT molecular complexity index is 892. The molecule has 0 unspecified atom stereocenters. The maximum absolute atomic E-state index is 9.17. The highest BCUT2D eigenvalue weighted by Gasteiger charge is 2.16. The van der Waals surface area contributed by atoms with Crippen LogP contribution in [0.5, 0.6) is 0 Å². The highest BCUT2D eigenvalue weighted by atomic mass is 16.5. The summed E-state index contributed by atoms with van der Waals surface area (Å²) in [4.78, 5) is 4.51. The second-order valence-electron chi connectivity index (χ2n) is 6.30. The Morgan fingerprint density at radius 1 is 1.35 bits per heavy atom. The fourth-order valence-electron chi connectivity index (χ4n) is 2.86. The van der Waals surface area contributed by atoms with Gasteiger partial charge < -0.3 is 10.1 Å². The van der Waals surface area contributed by atoms with Crippen molar-refractivity contribution in [3.8, 4) is 6.07 Å². The number of nitrogens with zero attached hydrogens (tertiary/aromatic N) is 2. The van der Waals surface area contributed by atoms with Gasteiger partial charge in [0.15, 0.2) is 0 Å². The zero-order valence-electron chi connectivity index (χ0n) is 16.1. The van der Waals surface area contributed by atoms with E-state index < -0.39 is 0 Å². The number of ether oxygens (including phenoxy) is 1. The number of benzene rings is 1. The summed E-state index contributed by atoms with van der Waals surface area (Å²) in [6.07, 6.45) is 3.86. The fourth-order valence-corrected chi connectivity index (χ4v) is 2.86. The van der Waals surface area contributed by atoms with Gasteiger partial charge in [0.05, 0.1) is 31.0 Å². The minimum absolute atomic E-state index is 0.609. The van der Waals surface area contributed by atoms with Crippen molar-refractivity contribution >= 4 is 11.4 Å². The predicted octanol–water partition coefficient (Wildman–Crippen LogP) is 5.06. The summed E-state index contributed by atoms with van der Waals surface area (Å²) in [5.74, 6) is 0.747. The van der Waals surface area contributed by atoms with Crippen LogP contribution in [0, 0.1) is 18.3 Å². The third-order valence-corrected chi connectivity index (χ3v) is 4.47. The smallest absolute Gasteiger partial charge is 0.116 e. The van der Waals surface area contributed by atoms with E-state index in [1.54, 1.807) is 7.11 Å².